The number of benzene rings is 2. The predicted octanol–water partition coefficient (Wildman–Crippen LogP) is 6.07. The summed E-state index contributed by atoms with van der Waals surface area (Å²) in [5.41, 5.74) is -1.34. The molecule has 1 heterocycles. The maximum Gasteiger partial charge on any atom is 0.416 e. The van der Waals surface area contributed by atoms with Crippen LogP contribution in [0.15, 0.2) is 64.6 Å². The molecule has 0 unspecified atom stereocenters. The number of carbonyl (C=O) groups is 1. The summed E-state index contributed by atoms with van der Waals surface area (Å²) < 4.78 is 44.2. The fourth-order valence-corrected chi connectivity index (χ4v) is 2.78. The Labute approximate surface area is 183 Å². The lowest BCUT2D eigenvalue weighted by atomic mass is 10.1. The second-order valence-corrected chi connectivity index (χ2v) is 6.73. The zero-order chi connectivity index (χ0) is 23.5. The van der Waals surface area contributed by atoms with E-state index in [4.69, 9.17) is 16.0 Å². The SMILES string of the molecule is N#CC(=Cc1ccc(-c2ccc([N+](=O)[O-])cc2)o1)C(=O)Nc1cc(C(F)(F)F)ccc1Cl. The van der Waals surface area contributed by atoms with Gasteiger partial charge in [0.1, 0.15) is 23.2 Å². The van der Waals surface area contributed by atoms with Gasteiger partial charge in [0.25, 0.3) is 11.6 Å². The number of amides is 1. The van der Waals surface area contributed by atoms with Crippen LogP contribution in [0.25, 0.3) is 17.4 Å². The van der Waals surface area contributed by atoms with Gasteiger partial charge >= 0.3 is 6.18 Å². The molecule has 11 heteroatoms. The maximum atomic E-state index is 12.9. The van der Waals surface area contributed by atoms with Gasteiger partial charge in [0, 0.05) is 23.8 Å². The van der Waals surface area contributed by atoms with Crippen molar-refractivity contribution in [2.75, 3.05) is 5.32 Å². The monoisotopic (exact) mass is 461 g/mol. The van der Waals surface area contributed by atoms with Crippen molar-refractivity contribution in [3.05, 3.63) is 86.6 Å². The minimum atomic E-state index is -4.64. The lowest BCUT2D eigenvalue weighted by Gasteiger charge is -2.11. The quantitative estimate of drug-likeness (QED) is 0.214. The first-order valence-corrected chi connectivity index (χ1v) is 9.11. The van der Waals surface area contributed by atoms with Crippen LogP contribution in [0.2, 0.25) is 5.02 Å². The summed E-state index contributed by atoms with van der Waals surface area (Å²) in [6, 6.07) is 12.6. The zero-order valence-electron chi connectivity index (χ0n) is 15.8. The van der Waals surface area contributed by atoms with Crippen LogP contribution in [0, 0.1) is 21.4 Å². The van der Waals surface area contributed by atoms with Crippen LogP contribution in [-0.2, 0) is 11.0 Å². The first-order chi connectivity index (χ1) is 15.1. The Morgan fingerprint density at radius 1 is 1.16 bits per heavy atom. The Kier molecular flexibility index (Phi) is 6.32. The topological polar surface area (TPSA) is 109 Å². The molecule has 3 rings (SSSR count). The Morgan fingerprint density at radius 3 is 2.44 bits per heavy atom. The first-order valence-electron chi connectivity index (χ1n) is 8.73. The predicted molar refractivity (Wildman–Crippen MR) is 109 cm³/mol. The smallest absolute Gasteiger partial charge is 0.416 e. The largest absolute Gasteiger partial charge is 0.457 e. The van der Waals surface area contributed by atoms with E-state index in [1.807, 2.05) is 0 Å². The lowest BCUT2D eigenvalue weighted by Crippen LogP contribution is -2.15. The summed E-state index contributed by atoms with van der Waals surface area (Å²) in [5, 5.41) is 22.1. The van der Waals surface area contributed by atoms with Crippen molar-refractivity contribution in [3.8, 4) is 17.4 Å². The fourth-order valence-electron chi connectivity index (χ4n) is 2.61. The van der Waals surface area contributed by atoms with E-state index in [0.717, 1.165) is 18.2 Å². The second kappa shape index (κ2) is 8.95. The summed E-state index contributed by atoms with van der Waals surface area (Å²) in [7, 11) is 0. The highest BCUT2D eigenvalue weighted by atomic mass is 35.5. The van der Waals surface area contributed by atoms with Gasteiger partial charge in [-0.15, -0.1) is 0 Å². The van der Waals surface area contributed by atoms with E-state index in [1.165, 1.54) is 36.4 Å². The number of nitrogens with zero attached hydrogens (tertiary/aromatic N) is 2. The number of nitriles is 1. The molecular formula is C21H11ClF3N3O4. The molecule has 0 radical (unpaired) electrons. The van der Waals surface area contributed by atoms with Gasteiger partial charge in [-0.25, -0.2) is 0 Å². The minimum Gasteiger partial charge on any atom is -0.457 e. The molecule has 0 fully saturated rings. The van der Waals surface area contributed by atoms with Gasteiger partial charge in [-0.1, -0.05) is 11.6 Å². The Hall–Kier alpha value is -4.10. The molecule has 32 heavy (non-hydrogen) atoms. The first kappa shape index (κ1) is 22.6. The molecule has 0 aliphatic carbocycles. The lowest BCUT2D eigenvalue weighted by molar-refractivity contribution is -0.384. The number of hydrogen-bond donors (Lipinski definition) is 1. The van der Waals surface area contributed by atoms with Crippen molar-refractivity contribution in [2.24, 2.45) is 0 Å². The van der Waals surface area contributed by atoms with Crippen molar-refractivity contribution in [2.45, 2.75) is 6.18 Å². The van der Waals surface area contributed by atoms with Crippen LogP contribution in [0.3, 0.4) is 0 Å². The molecule has 1 amide bonds. The molecule has 0 saturated carbocycles. The molecular weight excluding hydrogens is 451 g/mol. The summed E-state index contributed by atoms with van der Waals surface area (Å²) in [6.07, 6.45) is -3.54. The number of anilines is 1. The number of nitro groups is 1. The van der Waals surface area contributed by atoms with Crippen molar-refractivity contribution < 1.29 is 27.3 Å². The van der Waals surface area contributed by atoms with Crippen molar-refractivity contribution in [1.29, 1.82) is 5.26 Å². The molecule has 0 bridgehead atoms. The van der Waals surface area contributed by atoms with E-state index < -0.39 is 28.1 Å². The van der Waals surface area contributed by atoms with Crippen LogP contribution in [0.5, 0.6) is 0 Å². The molecule has 0 spiro atoms. The maximum absolute atomic E-state index is 12.9. The highest BCUT2D eigenvalue weighted by molar-refractivity contribution is 6.34. The van der Waals surface area contributed by atoms with Crippen LogP contribution < -0.4 is 5.32 Å². The highest BCUT2D eigenvalue weighted by Crippen LogP contribution is 2.34. The van der Waals surface area contributed by atoms with Crippen LogP contribution >= 0.6 is 11.6 Å². The number of furan rings is 1. The average molecular weight is 462 g/mol. The van der Waals surface area contributed by atoms with Crippen molar-refractivity contribution >= 4 is 35.0 Å². The third-order valence-electron chi connectivity index (χ3n) is 4.18. The highest BCUT2D eigenvalue weighted by Gasteiger charge is 2.31. The van der Waals surface area contributed by atoms with Gasteiger partial charge in [-0.05, 0) is 42.5 Å². The fraction of sp³-hybridized carbons (Fsp3) is 0.0476. The summed E-state index contributed by atoms with van der Waals surface area (Å²) in [6.45, 7) is 0. The van der Waals surface area contributed by atoms with E-state index in [2.05, 4.69) is 5.32 Å². The molecule has 0 atom stereocenters. The molecule has 0 aliphatic heterocycles. The molecule has 3 aromatic rings. The van der Waals surface area contributed by atoms with Gasteiger partial charge in [0.15, 0.2) is 0 Å². The van der Waals surface area contributed by atoms with Crippen molar-refractivity contribution in [3.63, 3.8) is 0 Å². The standard InChI is InChI=1S/C21H11ClF3N3O4/c22-17-7-3-14(21(23,24)25)10-18(17)27-20(29)13(11-26)9-16-6-8-19(32-16)12-1-4-15(5-2-12)28(30)31/h1-10H,(H,27,29). The van der Waals surface area contributed by atoms with Crippen LogP contribution in [-0.4, -0.2) is 10.8 Å². The van der Waals surface area contributed by atoms with Gasteiger partial charge in [-0.2, -0.15) is 18.4 Å². The van der Waals surface area contributed by atoms with E-state index in [0.29, 0.717) is 17.4 Å². The molecule has 0 saturated heterocycles. The third kappa shape index (κ3) is 5.14. The van der Waals surface area contributed by atoms with Crippen LogP contribution in [0.4, 0.5) is 24.5 Å². The summed E-state index contributed by atoms with van der Waals surface area (Å²) >= 11 is 5.86. The van der Waals surface area contributed by atoms with E-state index in [9.17, 15) is 33.3 Å². The number of non-ortho nitro benzene ring substituents is 1. The number of nitro benzene ring substituents is 1. The summed E-state index contributed by atoms with van der Waals surface area (Å²) in [5.74, 6) is -0.549. The molecule has 0 aliphatic rings. The molecule has 1 aromatic heterocycles. The second-order valence-electron chi connectivity index (χ2n) is 6.32. The molecule has 2 aromatic carbocycles. The van der Waals surface area contributed by atoms with Gasteiger partial charge < -0.3 is 9.73 Å². The van der Waals surface area contributed by atoms with Crippen molar-refractivity contribution in [1.82, 2.24) is 0 Å². The van der Waals surface area contributed by atoms with Gasteiger partial charge in [0.05, 0.1) is 21.2 Å². The Bertz CT molecular complexity index is 1260. The van der Waals surface area contributed by atoms with Gasteiger partial charge in [0.2, 0.25) is 0 Å². The van der Waals surface area contributed by atoms with E-state index in [1.54, 1.807) is 6.07 Å². The van der Waals surface area contributed by atoms with E-state index >= 15 is 0 Å². The average Bonchev–Trinajstić information content (AvgIpc) is 3.21. The number of hydrogen-bond acceptors (Lipinski definition) is 5. The van der Waals surface area contributed by atoms with E-state index in [-0.39, 0.29) is 22.2 Å². The Balaban J connectivity index is 1.82. The molecule has 1 N–H and O–H groups in total. The number of carbonyl (C=O) groups excluding carboxylic acids is 1. The number of nitrogens with one attached hydrogen (secondary N) is 1. The molecule has 162 valence electrons. The number of rotatable bonds is 5. The zero-order valence-corrected chi connectivity index (χ0v) is 16.6. The molecule has 7 nitrogen and oxygen atoms in total. The number of alkyl halides is 3. The van der Waals surface area contributed by atoms with Gasteiger partial charge in [-0.3, -0.25) is 14.9 Å². The normalized spacial score (nSPS) is 11.7. The third-order valence-corrected chi connectivity index (χ3v) is 4.51. The Morgan fingerprint density at radius 2 is 1.84 bits per heavy atom. The minimum absolute atomic E-state index is 0.0999. The number of halogens is 4. The van der Waals surface area contributed by atoms with Crippen LogP contribution in [0.1, 0.15) is 11.3 Å². The summed E-state index contributed by atoms with van der Waals surface area (Å²) in [4.78, 5) is 22.6.